The summed E-state index contributed by atoms with van der Waals surface area (Å²) in [5.74, 6) is 0.700. The lowest BCUT2D eigenvalue weighted by molar-refractivity contribution is -0.125. The summed E-state index contributed by atoms with van der Waals surface area (Å²) in [7, 11) is 1.90. The molecule has 0 aliphatic carbocycles. The summed E-state index contributed by atoms with van der Waals surface area (Å²) in [6.07, 6.45) is 5.25. The van der Waals surface area contributed by atoms with Crippen LogP contribution in [0.15, 0.2) is 17.4 Å². The maximum absolute atomic E-state index is 12.6. The molecule has 0 saturated heterocycles. The molecule has 5 nitrogen and oxygen atoms in total. The van der Waals surface area contributed by atoms with E-state index in [1.54, 1.807) is 12.4 Å². The number of rotatable bonds is 4. The Morgan fingerprint density at radius 3 is 2.27 bits per heavy atom. The zero-order valence-electron chi connectivity index (χ0n) is 15.1. The maximum atomic E-state index is 12.6. The number of aliphatic imine (C=N–C) groups is 1. The fraction of sp³-hybridized carbons (Fsp3) is 0.706. The second-order valence-electron chi connectivity index (χ2n) is 8.04. The van der Waals surface area contributed by atoms with Crippen molar-refractivity contribution in [1.29, 1.82) is 0 Å². The van der Waals surface area contributed by atoms with E-state index in [0.717, 1.165) is 5.82 Å². The molecule has 0 bridgehead atoms. The van der Waals surface area contributed by atoms with Crippen molar-refractivity contribution in [2.75, 3.05) is 0 Å². The smallest absolute Gasteiger partial charge is 0.245 e. The minimum absolute atomic E-state index is 0.0154. The van der Waals surface area contributed by atoms with Gasteiger partial charge < -0.3 is 9.88 Å². The van der Waals surface area contributed by atoms with E-state index < -0.39 is 6.04 Å². The third-order valence-corrected chi connectivity index (χ3v) is 3.92. The minimum Gasteiger partial charge on any atom is -0.351 e. The van der Waals surface area contributed by atoms with Gasteiger partial charge in [-0.2, -0.15) is 0 Å². The molecule has 0 unspecified atom stereocenters. The summed E-state index contributed by atoms with van der Waals surface area (Å²) in [4.78, 5) is 21.4. The Labute approximate surface area is 134 Å². The molecule has 0 aromatic carbocycles. The van der Waals surface area contributed by atoms with Crippen molar-refractivity contribution < 1.29 is 4.79 Å². The number of nitrogens with one attached hydrogen (secondary N) is 1. The number of hydrogen-bond acceptors (Lipinski definition) is 3. The van der Waals surface area contributed by atoms with Gasteiger partial charge in [0.05, 0.1) is 6.21 Å². The summed E-state index contributed by atoms with van der Waals surface area (Å²) < 4.78 is 1.87. The lowest BCUT2D eigenvalue weighted by Gasteiger charge is -2.32. The first-order valence-corrected chi connectivity index (χ1v) is 7.74. The van der Waals surface area contributed by atoms with E-state index >= 15 is 0 Å². The fourth-order valence-electron chi connectivity index (χ4n) is 1.84. The zero-order valence-corrected chi connectivity index (χ0v) is 15.1. The van der Waals surface area contributed by atoms with Crippen LogP contribution in [-0.2, 0) is 11.8 Å². The summed E-state index contributed by atoms with van der Waals surface area (Å²) in [5.41, 5.74) is -0.245. The Morgan fingerprint density at radius 2 is 1.86 bits per heavy atom. The Hall–Kier alpha value is -1.65. The van der Waals surface area contributed by atoms with Gasteiger partial charge >= 0.3 is 0 Å². The van der Waals surface area contributed by atoms with E-state index in [9.17, 15) is 4.79 Å². The number of aromatic nitrogens is 2. The van der Waals surface area contributed by atoms with Gasteiger partial charge in [-0.15, -0.1) is 0 Å². The molecule has 1 aromatic rings. The van der Waals surface area contributed by atoms with Crippen LogP contribution in [0.4, 0.5) is 0 Å². The van der Waals surface area contributed by atoms with E-state index in [2.05, 4.69) is 36.1 Å². The maximum Gasteiger partial charge on any atom is 0.245 e. The summed E-state index contributed by atoms with van der Waals surface area (Å²) in [5, 5.41) is 3.09. The van der Waals surface area contributed by atoms with Gasteiger partial charge in [-0.3, -0.25) is 9.79 Å². The summed E-state index contributed by atoms with van der Waals surface area (Å²) in [6.45, 7) is 14.4. The van der Waals surface area contributed by atoms with Crippen LogP contribution in [-0.4, -0.2) is 33.8 Å². The zero-order chi connectivity index (χ0) is 17.1. The van der Waals surface area contributed by atoms with Crippen LogP contribution >= 0.6 is 0 Å². The first kappa shape index (κ1) is 18.4. The molecule has 2 atom stereocenters. The normalized spacial score (nSPS) is 15.8. The third kappa shape index (κ3) is 4.97. The number of carbonyl (C=O) groups is 1. The molecule has 124 valence electrons. The van der Waals surface area contributed by atoms with Gasteiger partial charge in [0, 0.05) is 25.5 Å². The van der Waals surface area contributed by atoms with Crippen molar-refractivity contribution in [2.45, 2.75) is 60.5 Å². The molecule has 1 N–H and O–H groups in total. The van der Waals surface area contributed by atoms with E-state index in [0.29, 0.717) is 0 Å². The lowest BCUT2D eigenvalue weighted by atomic mass is 9.84. The van der Waals surface area contributed by atoms with Crippen LogP contribution in [0.3, 0.4) is 0 Å². The van der Waals surface area contributed by atoms with Crippen LogP contribution in [0.1, 0.15) is 54.3 Å². The highest BCUT2D eigenvalue weighted by Crippen LogP contribution is 2.24. The van der Waals surface area contributed by atoms with Crippen LogP contribution in [0.25, 0.3) is 0 Å². The van der Waals surface area contributed by atoms with Crippen molar-refractivity contribution in [2.24, 2.45) is 22.9 Å². The molecule has 1 aromatic heterocycles. The Bertz CT molecular complexity index is 532. The number of hydrogen-bond donors (Lipinski definition) is 1. The highest BCUT2D eigenvalue weighted by Gasteiger charge is 2.33. The Balaban J connectivity index is 2.93. The van der Waals surface area contributed by atoms with Crippen molar-refractivity contribution >= 4 is 12.1 Å². The highest BCUT2D eigenvalue weighted by molar-refractivity contribution is 5.86. The van der Waals surface area contributed by atoms with Gasteiger partial charge in [-0.1, -0.05) is 41.5 Å². The van der Waals surface area contributed by atoms with E-state index in [-0.39, 0.29) is 22.8 Å². The largest absolute Gasteiger partial charge is 0.351 e. The molecular formula is C17H30N4O. The lowest BCUT2D eigenvalue weighted by Crippen LogP contribution is -2.48. The Morgan fingerprint density at radius 1 is 1.27 bits per heavy atom. The summed E-state index contributed by atoms with van der Waals surface area (Å²) >= 11 is 0. The average Bonchev–Trinajstić information content (AvgIpc) is 2.72. The van der Waals surface area contributed by atoms with Gasteiger partial charge in [0.25, 0.3) is 0 Å². The molecular weight excluding hydrogens is 276 g/mol. The molecule has 0 aliphatic heterocycles. The SMILES string of the molecule is C[C@@H](NC(=O)[C@@H](/N=C/c1nccn1C)C(C)(C)C)C(C)(C)C. The number of carbonyl (C=O) groups excluding carboxylic acids is 1. The number of nitrogens with zero attached hydrogens (tertiary/aromatic N) is 3. The minimum atomic E-state index is -0.450. The third-order valence-electron chi connectivity index (χ3n) is 3.92. The molecule has 1 rings (SSSR count). The average molecular weight is 306 g/mol. The summed E-state index contributed by atoms with van der Waals surface area (Å²) in [6, 6.07) is -0.373. The van der Waals surface area contributed by atoms with Gasteiger partial charge in [0.1, 0.15) is 11.9 Å². The number of imidazole rings is 1. The van der Waals surface area contributed by atoms with Gasteiger partial charge in [-0.25, -0.2) is 4.98 Å². The molecule has 5 heteroatoms. The molecule has 0 spiro atoms. The van der Waals surface area contributed by atoms with Crippen LogP contribution < -0.4 is 5.32 Å². The molecule has 1 heterocycles. The van der Waals surface area contributed by atoms with Crippen LogP contribution in [0.2, 0.25) is 0 Å². The van der Waals surface area contributed by atoms with Gasteiger partial charge in [0.15, 0.2) is 0 Å². The number of aryl methyl sites for hydroxylation is 1. The molecule has 1 amide bonds. The molecule has 0 fully saturated rings. The van der Waals surface area contributed by atoms with E-state index in [1.807, 2.05) is 45.5 Å². The van der Waals surface area contributed by atoms with Crippen LogP contribution in [0.5, 0.6) is 0 Å². The molecule has 0 saturated carbocycles. The van der Waals surface area contributed by atoms with Crippen molar-refractivity contribution in [1.82, 2.24) is 14.9 Å². The topological polar surface area (TPSA) is 59.3 Å². The van der Waals surface area contributed by atoms with Gasteiger partial charge in [-0.05, 0) is 17.8 Å². The first-order chi connectivity index (χ1) is 9.93. The standard InChI is InChI=1S/C17H30N4O/c1-12(16(2,3)4)20-15(22)14(17(5,6)7)19-11-13-18-9-10-21(13)8/h9-12,14H,1-8H3,(H,20,22)/b19-11+/t12-,14-/m1/s1. The van der Waals surface area contributed by atoms with Crippen molar-refractivity contribution in [3.63, 3.8) is 0 Å². The quantitative estimate of drug-likeness (QED) is 0.870. The Kier molecular flexibility index (Phi) is 5.54. The second kappa shape index (κ2) is 6.63. The molecule has 0 radical (unpaired) electrons. The second-order valence-corrected chi connectivity index (χ2v) is 8.04. The van der Waals surface area contributed by atoms with E-state index in [4.69, 9.17) is 0 Å². The number of amides is 1. The first-order valence-electron chi connectivity index (χ1n) is 7.74. The molecule has 22 heavy (non-hydrogen) atoms. The van der Waals surface area contributed by atoms with Gasteiger partial charge in [0.2, 0.25) is 5.91 Å². The monoisotopic (exact) mass is 306 g/mol. The van der Waals surface area contributed by atoms with Crippen molar-refractivity contribution in [3.05, 3.63) is 18.2 Å². The van der Waals surface area contributed by atoms with Crippen molar-refractivity contribution in [3.8, 4) is 0 Å². The van der Waals surface area contributed by atoms with Crippen LogP contribution in [0, 0.1) is 10.8 Å². The van der Waals surface area contributed by atoms with E-state index in [1.165, 1.54) is 0 Å². The predicted molar refractivity (Wildman–Crippen MR) is 91.1 cm³/mol. The predicted octanol–water partition coefficient (Wildman–Crippen LogP) is 2.80. The molecule has 0 aliphatic rings. The highest BCUT2D eigenvalue weighted by atomic mass is 16.2. The fourth-order valence-corrected chi connectivity index (χ4v) is 1.84.